The number of anilines is 2. The van der Waals surface area contributed by atoms with Crippen LogP contribution in [0.3, 0.4) is 0 Å². The summed E-state index contributed by atoms with van der Waals surface area (Å²) in [5, 5.41) is 3.23. The smallest absolute Gasteiger partial charge is 0.256 e. The molecule has 0 aliphatic carbocycles. The molecular weight excluding hydrogens is 348 g/mol. The molecule has 3 rings (SSSR count). The molecule has 0 aromatic heterocycles. The molecule has 2 amide bonds. The molecule has 28 heavy (non-hydrogen) atoms. The SMILES string of the molecule is CCCCc1ccc(NC2CC(=O)N(c3ccc(CCCC)cc3)C2=O)cc1. The van der Waals surface area contributed by atoms with E-state index in [0.29, 0.717) is 5.69 Å². The van der Waals surface area contributed by atoms with Gasteiger partial charge in [0.25, 0.3) is 5.91 Å². The summed E-state index contributed by atoms with van der Waals surface area (Å²) in [6, 6.07) is 15.5. The van der Waals surface area contributed by atoms with Crippen molar-refractivity contribution in [2.75, 3.05) is 10.2 Å². The van der Waals surface area contributed by atoms with Gasteiger partial charge < -0.3 is 5.32 Å². The molecule has 1 heterocycles. The Morgan fingerprint density at radius 2 is 1.39 bits per heavy atom. The van der Waals surface area contributed by atoms with Crippen LogP contribution in [0.15, 0.2) is 48.5 Å². The molecule has 4 nitrogen and oxygen atoms in total. The third-order valence-electron chi connectivity index (χ3n) is 5.27. The molecule has 2 aromatic rings. The van der Waals surface area contributed by atoms with E-state index >= 15 is 0 Å². The number of nitrogens with one attached hydrogen (secondary N) is 1. The second-order valence-electron chi connectivity index (χ2n) is 7.54. The average Bonchev–Trinajstić information content (AvgIpc) is 2.99. The van der Waals surface area contributed by atoms with E-state index in [-0.39, 0.29) is 18.2 Å². The lowest BCUT2D eigenvalue weighted by atomic mass is 10.1. The standard InChI is InChI=1S/C24H30N2O2/c1-3-5-7-18-9-13-20(14-10-18)25-22-17-23(27)26(24(22)28)21-15-11-19(12-16-21)8-6-4-2/h9-16,22,25H,3-8,17H2,1-2H3. The van der Waals surface area contributed by atoms with E-state index in [4.69, 9.17) is 0 Å². The van der Waals surface area contributed by atoms with Gasteiger partial charge in [0.2, 0.25) is 5.91 Å². The minimum atomic E-state index is -0.506. The number of nitrogens with zero attached hydrogens (tertiary/aromatic N) is 1. The molecule has 4 heteroatoms. The van der Waals surface area contributed by atoms with Crippen LogP contribution in [0.4, 0.5) is 11.4 Å². The molecule has 0 bridgehead atoms. The molecule has 1 atom stereocenters. The molecule has 0 spiro atoms. The summed E-state index contributed by atoms with van der Waals surface area (Å²) < 4.78 is 0. The van der Waals surface area contributed by atoms with Crippen molar-refractivity contribution >= 4 is 23.2 Å². The number of carbonyl (C=O) groups excluding carboxylic acids is 2. The zero-order valence-corrected chi connectivity index (χ0v) is 16.9. The summed E-state index contributed by atoms with van der Waals surface area (Å²) >= 11 is 0. The van der Waals surface area contributed by atoms with Crippen LogP contribution in [0.2, 0.25) is 0 Å². The van der Waals surface area contributed by atoms with Crippen LogP contribution >= 0.6 is 0 Å². The largest absolute Gasteiger partial charge is 0.373 e. The minimum Gasteiger partial charge on any atom is -0.373 e. The molecular formula is C24H30N2O2. The van der Waals surface area contributed by atoms with Crippen molar-refractivity contribution in [2.24, 2.45) is 0 Å². The van der Waals surface area contributed by atoms with Crippen LogP contribution in [0, 0.1) is 0 Å². The summed E-state index contributed by atoms with van der Waals surface area (Å²) in [7, 11) is 0. The molecule has 1 N–H and O–H groups in total. The molecule has 1 aliphatic heterocycles. The normalized spacial score (nSPS) is 16.6. The number of hydrogen-bond donors (Lipinski definition) is 1. The van der Waals surface area contributed by atoms with E-state index in [2.05, 4.69) is 31.3 Å². The van der Waals surface area contributed by atoms with Gasteiger partial charge in [-0.1, -0.05) is 51.0 Å². The number of benzene rings is 2. The minimum absolute atomic E-state index is 0.150. The lowest BCUT2D eigenvalue weighted by Crippen LogP contribution is -2.34. The number of imide groups is 1. The average molecular weight is 379 g/mol. The second-order valence-corrected chi connectivity index (χ2v) is 7.54. The maximum absolute atomic E-state index is 12.8. The predicted octanol–water partition coefficient (Wildman–Crippen LogP) is 5.12. The molecule has 1 fully saturated rings. The molecule has 1 aliphatic rings. The Morgan fingerprint density at radius 3 is 1.93 bits per heavy atom. The third kappa shape index (κ3) is 4.80. The van der Waals surface area contributed by atoms with Crippen LogP contribution in [0.25, 0.3) is 0 Å². The molecule has 0 saturated carbocycles. The number of amides is 2. The van der Waals surface area contributed by atoms with Crippen LogP contribution in [0.5, 0.6) is 0 Å². The van der Waals surface area contributed by atoms with Crippen molar-refractivity contribution in [3.8, 4) is 0 Å². The van der Waals surface area contributed by atoms with Gasteiger partial charge >= 0.3 is 0 Å². The van der Waals surface area contributed by atoms with Gasteiger partial charge in [0.1, 0.15) is 6.04 Å². The fourth-order valence-electron chi connectivity index (χ4n) is 3.56. The summed E-state index contributed by atoms with van der Waals surface area (Å²) in [5.74, 6) is -0.329. The number of unbranched alkanes of at least 4 members (excludes halogenated alkanes) is 2. The Hall–Kier alpha value is -2.62. The Bertz CT molecular complexity index is 796. The number of aryl methyl sites for hydroxylation is 2. The van der Waals surface area contributed by atoms with Gasteiger partial charge in [0, 0.05) is 5.69 Å². The summed E-state index contributed by atoms with van der Waals surface area (Å²) in [6.07, 6.45) is 6.93. The van der Waals surface area contributed by atoms with Crippen LogP contribution in [-0.4, -0.2) is 17.9 Å². The van der Waals surface area contributed by atoms with Crippen molar-refractivity contribution in [3.05, 3.63) is 59.7 Å². The van der Waals surface area contributed by atoms with Crippen LogP contribution in [-0.2, 0) is 22.4 Å². The highest BCUT2D eigenvalue weighted by atomic mass is 16.2. The van der Waals surface area contributed by atoms with Crippen LogP contribution < -0.4 is 10.2 Å². The third-order valence-corrected chi connectivity index (χ3v) is 5.27. The zero-order valence-electron chi connectivity index (χ0n) is 16.9. The monoisotopic (exact) mass is 378 g/mol. The fraction of sp³-hybridized carbons (Fsp3) is 0.417. The lowest BCUT2D eigenvalue weighted by molar-refractivity contribution is -0.121. The topological polar surface area (TPSA) is 49.4 Å². The quantitative estimate of drug-likeness (QED) is 0.617. The maximum Gasteiger partial charge on any atom is 0.256 e. The predicted molar refractivity (Wildman–Crippen MR) is 115 cm³/mol. The Labute approximate surface area is 167 Å². The van der Waals surface area contributed by atoms with E-state index in [1.807, 2.05) is 36.4 Å². The molecule has 2 aromatic carbocycles. The summed E-state index contributed by atoms with van der Waals surface area (Å²) in [4.78, 5) is 26.6. The van der Waals surface area contributed by atoms with Gasteiger partial charge in [0.15, 0.2) is 0 Å². The highest BCUT2D eigenvalue weighted by molar-refractivity contribution is 6.23. The van der Waals surface area contributed by atoms with Crippen molar-refractivity contribution in [1.82, 2.24) is 0 Å². The van der Waals surface area contributed by atoms with Crippen LogP contribution in [0.1, 0.15) is 57.1 Å². The maximum atomic E-state index is 12.8. The van der Waals surface area contributed by atoms with Crippen molar-refractivity contribution in [2.45, 2.75) is 64.8 Å². The molecule has 0 radical (unpaired) electrons. The second kappa shape index (κ2) is 9.54. The first-order valence-corrected chi connectivity index (χ1v) is 10.4. The van der Waals surface area contributed by atoms with Gasteiger partial charge in [-0.3, -0.25) is 9.59 Å². The Kier molecular flexibility index (Phi) is 6.85. The van der Waals surface area contributed by atoms with E-state index in [9.17, 15) is 9.59 Å². The number of rotatable bonds is 9. The van der Waals surface area contributed by atoms with Crippen molar-refractivity contribution in [3.63, 3.8) is 0 Å². The Balaban J connectivity index is 1.64. The molecule has 148 valence electrons. The molecule has 1 unspecified atom stereocenters. The van der Waals surface area contributed by atoms with E-state index < -0.39 is 6.04 Å². The van der Waals surface area contributed by atoms with E-state index in [1.165, 1.54) is 28.9 Å². The first-order valence-electron chi connectivity index (χ1n) is 10.4. The fourth-order valence-corrected chi connectivity index (χ4v) is 3.56. The molecule has 1 saturated heterocycles. The highest BCUT2D eigenvalue weighted by Crippen LogP contribution is 2.26. The van der Waals surface area contributed by atoms with Gasteiger partial charge in [-0.05, 0) is 61.1 Å². The number of hydrogen-bond acceptors (Lipinski definition) is 3. The Morgan fingerprint density at radius 1 is 0.857 bits per heavy atom. The van der Waals surface area contributed by atoms with E-state index in [1.54, 1.807) is 0 Å². The summed E-state index contributed by atoms with van der Waals surface area (Å²) in [6.45, 7) is 4.35. The van der Waals surface area contributed by atoms with Gasteiger partial charge in [-0.2, -0.15) is 0 Å². The zero-order chi connectivity index (χ0) is 19.9. The number of carbonyl (C=O) groups is 2. The summed E-state index contributed by atoms with van der Waals surface area (Å²) in [5.41, 5.74) is 4.08. The van der Waals surface area contributed by atoms with Crippen molar-refractivity contribution < 1.29 is 9.59 Å². The first kappa shape index (κ1) is 20.1. The highest BCUT2D eigenvalue weighted by Gasteiger charge is 2.39. The van der Waals surface area contributed by atoms with Crippen molar-refractivity contribution in [1.29, 1.82) is 0 Å². The van der Waals surface area contributed by atoms with Gasteiger partial charge in [0.05, 0.1) is 12.1 Å². The van der Waals surface area contributed by atoms with Gasteiger partial charge in [-0.15, -0.1) is 0 Å². The van der Waals surface area contributed by atoms with E-state index in [0.717, 1.165) is 31.4 Å². The first-order chi connectivity index (χ1) is 13.6. The van der Waals surface area contributed by atoms with Gasteiger partial charge in [-0.25, -0.2) is 4.90 Å². The lowest BCUT2D eigenvalue weighted by Gasteiger charge is -2.17.